The number of benzene rings is 3. The third-order valence-corrected chi connectivity index (χ3v) is 7.00. The van der Waals surface area contributed by atoms with Gasteiger partial charge >= 0.3 is 5.97 Å². The largest absolute Gasteiger partial charge is 0.481 e. The number of carbonyl (C=O) groups is 3. The van der Waals surface area contributed by atoms with Gasteiger partial charge in [0, 0.05) is 37.0 Å². The highest BCUT2D eigenvalue weighted by molar-refractivity contribution is 6.11. The van der Waals surface area contributed by atoms with Gasteiger partial charge in [-0.25, -0.2) is 0 Å². The Bertz CT molecular complexity index is 1460. The number of carbonyl (C=O) groups excluding carboxylic acids is 2. The number of nitrogens with zero attached hydrogens (tertiary/aromatic N) is 3. The molecule has 2 amide bonds. The van der Waals surface area contributed by atoms with Crippen molar-refractivity contribution in [2.45, 2.75) is 32.2 Å². The first-order valence-electron chi connectivity index (χ1n) is 13.3. The molecule has 0 saturated heterocycles. The van der Waals surface area contributed by atoms with Crippen molar-refractivity contribution in [2.24, 2.45) is 0 Å². The third kappa shape index (κ3) is 6.80. The third-order valence-electron chi connectivity index (χ3n) is 7.00. The molecule has 4 rings (SSSR count). The lowest BCUT2D eigenvalue weighted by Gasteiger charge is -2.30. The maximum absolute atomic E-state index is 14.1. The summed E-state index contributed by atoms with van der Waals surface area (Å²) in [5.74, 6) is -1.46. The number of aryl methyl sites for hydroxylation is 1. The first-order valence-corrected chi connectivity index (χ1v) is 13.3. The predicted octanol–water partition coefficient (Wildman–Crippen LogP) is 5.96. The van der Waals surface area contributed by atoms with Gasteiger partial charge in [0.2, 0.25) is 0 Å². The molecule has 3 aromatic carbocycles. The molecule has 1 aromatic heterocycles. The monoisotopic (exact) mass is 535 g/mol. The van der Waals surface area contributed by atoms with Crippen LogP contribution in [-0.2, 0) is 11.2 Å². The molecule has 0 fully saturated rings. The summed E-state index contributed by atoms with van der Waals surface area (Å²) in [7, 11) is 1.69. The van der Waals surface area contributed by atoms with Gasteiger partial charge in [-0.05, 0) is 60.7 Å². The standard InChI is InChI=1S/C33H33N3O4/c1-24(18-19-25-11-4-3-5-12-25)36(22-20-31(37)38)33(40)30-17-9-7-15-28(30)27-14-6-8-16-29(27)32(39)35(2)26-13-10-21-34-23-26/h3-17,21,23-24H,18-20,22H2,1-2H3,(H,37,38). The van der Waals surface area contributed by atoms with Gasteiger partial charge in [0.05, 0.1) is 18.3 Å². The molecule has 7 nitrogen and oxygen atoms in total. The second kappa shape index (κ2) is 13.3. The number of rotatable bonds is 11. The topological polar surface area (TPSA) is 90.8 Å². The highest BCUT2D eigenvalue weighted by Gasteiger charge is 2.26. The van der Waals surface area contributed by atoms with E-state index in [4.69, 9.17) is 0 Å². The van der Waals surface area contributed by atoms with E-state index < -0.39 is 5.97 Å². The van der Waals surface area contributed by atoms with Gasteiger partial charge in [0.1, 0.15) is 0 Å². The van der Waals surface area contributed by atoms with Crippen LogP contribution in [0.15, 0.2) is 103 Å². The van der Waals surface area contributed by atoms with Crippen LogP contribution in [0.3, 0.4) is 0 Å². The zero-order chi connectivity index (χ0) is 28.5. The lowest BCUT2D eigenvalue weighted by Crippen LogP contribution is -2.40. The van der Waals surface area contributed by atoms with Crippen LogP contribution in [0, 0.1) is 0 Å². The van der Waals surface area contributed by atoms with Crippen LogP contribution in [0.1, 0.15) is 46.0 Å². The van der Waals surface area contributed by atoms with Gasteiger partial charge < -0.3 is 14.9 Å². The molecule has 0 aliphatic heterocycles. The molecule has 1 heterocycles. The summed E-state index contributed by atoms with van der Waals surface area (Å²) < 4.78 is 0. The second-order valence-electron chi connectivity index (χ2n) is 9.68. The van der Waals surface area contributed by atoms with E-state index >= 15 is 0 Å². The van der Waals surface area contributed by atoms with Gasteiger partial charge in [0.15, 0.2) is 0 Å². The SMILES string of the molecule is CC(CCc1ccccc1)N(CCC(=O)O)C(=O)c1ccccc1-c1ccccc1C(=O)N(C)c1cccnc1. The van der Waals surface area contributed by atoms with Crippen molar-refractivity contribution in [2.75, 3.05) is 18.5 Å². The van der Waals surface area contributed by atoms with Crippen molar-refractivity contribution in [1.29, 1.82) is 0 Å². The average Bonchev–Trinajstić information content (AvgIpc) is 3.00. The molecule has 1 N–H and O–H groups in total. The predicted molar refractivity (Wildman–Crippen MR) is 156 cm³/mol. The summed E-state index contributed by atoms with van der Waals surface area (Å²) in [5.41, 5.74) is 3.92. The molecule has 0 bridgehead atoms. The Labute approximate surface area is 234 Å². The van der Waals surface area contributed by atoms with Gasteiger partial charge in [-0.2, -0.15) is 0 Å². The van der Waals surface area contributed by atoms with Crippen LogP contribution >= 0.6 is 0 Å². The molecule has 0 radical (unpaired) electrons. The van der Waals surface area contributed by atoms with Gasteiger partial charge in [0.25, 0.3) is 11.8 Å². The van der Waals surface area contributed by atoms with Crippen LogP contribution < -0.4 is 4.90 Å². The van der Waals surface area contributed by atoms with Gasteiger partial charge in [-0.1, -0.05) is 66.7 Å². The molecular formula is C33H33N3O4. The summed E-state index contributed by atoms with van der Waals surface area (Å²) in [6.07, 6.45) is 4.55. The molecule has 0 aliphatic rings. The molecule has 1 unspecified atom stereocenters. The summed E-state index contributed by atoms with van der Waals surface area (Å²) in [6, 6.07) is 27.8. The van der Waals surface area contributed by atoms with Gasteiger partial charge in [-0.15, -0.1) is 0 Å². The van der Waals surface area contributed by atoms with E-state index in [1.165, 1.54) is 4.90 Å². The lowest BCUT2D eigenvalue weighted by molar-refractivity contribution is -0.137. The van der Waals surface area contributed by atoms with Crippen LogP contribution in [0.4, 0.5) is 5.69 Å². The number of anilines is 1. The highest BCUT2D eigenvalue weighted by atomic mass is 16.4. The molecule has 7 heteroatoms. The number of carboxylic acids is 1. The molecule has 1 atom stereocenters. The van der Waals surface area contributed by atoms with Crippen molar-refractivity contribution in [1.82, 2.24) is 9.88 Å². The number of pyridine rings is 1. The average molecular weight is 536 g/mol. The van der Waals surface area contributed by atoms with E-state index in [0.29, 0.717) is 34.4 Å². The van der Waals surface area contributed by atoms with Crippen LogP contribution in [0.5, 0.6) is 0 Å². The Morgan fingerprint density at radius 1 is 0.800 bits per heavy atom. The summed E-state index contributed by atoms with van der Waals surface area (Å²) in [5, 5.41) is 9.40. The van der Waals surface area contributed by atoms with Crippen molar-refractivity contribution < 1.29 is 19.5 Å². The minimum atomic E-state index is -0.962. The van der Waals surface area contributed by atoms with Crippen molar-refractivity contribution in [3.05, 3.63) is 120 Å². The van der Waals surface area contributed by atoms with E-state index in [9.17, 15) is 19.5 Å². The van der Waals surface area contributed by atoms with E-state index in [0.717, 1.165) is 12.0 Å². The maximum Gasteiger partial charge on any atom is 0.305 e. The quantitative estimate of drug-likeness (QED) is 0.256. The van der Waals surface area contributed by atoms with E-state index in [-0.39, 0.29) is 30.8 Å². The fourth-order valence-electron chi connectivity index (χ4n) is 4.73. The Balaban J connectivity index is 1.67. The fourth-order valence-corrected chi connectivity index (χ4v) is 4.73. The smallest absolute Gasteiger partial charge is 0.305 e. The van der Waals surface area contributed by atoms with Gasteiger partial charge in [-0.3, -0.25) is 19.4 Å². The van der Waals surface area contributed by atoms with Crippen LogP contribution in [0.25, 0.3) is 11.1 Å². The van der Waals surface area contributed by atoms with Crippen molar-refractivity contribution >= 4 is 23.5 Å². The van der Waals surface area contributed by atoms with Crippen LogP contribution in [0.2, 0.25) is 0 Å². The zero-order valence-corrected chi connectivity index (χ0v) is 22.7. The molecule has 40 heavy (non-hydrogen) atoms. The zero-order valence-electron chi connectivity index (χ0n) is 22.7. The number of hydrogen-bond donors (Lipinski definition) is 1. The maximum atomic E-state index is 14.1. The Morgan fingerprint density at radius 3 is 2.00 bits per heavy atom. The Kier molecular flexibility index (Phi) is 9.41. The highest BCUT2D eigenvalue weighted by Crippen LogP contribution is 2.30. The number of carboxylic acid groups (broad SMARTS) is 1. The number of aliphatic carboxylic acids is 1. The lowest BCUT2D eigenvalue weighted by atomic mass is 9.93. The van der Waals surface area contributed by atoms with Crippen molar-refractivity contribution in [3.8, 4) is 11.1 Å². The summed E-state index contributed by atoms with van der Waals surface area (Å²) >= 11 is 0. The summed E-state index contributed by atoms with van der Waals surface area (Å²) in [4.78, 5) is 46.4. The molecule has 0 aliphatic carbocycles. The Morgan fingerprint density at radius 2 is 1.40 bits per heavy atom. The van der Waals surface area contributed by atoms with Crippen molar-refractivity contribution in [3.63, 3.8) is 0 Å². The van der Waals surface area contributed by atoms with E-state index in [1.807, 2.05) is 67.6 Å². The molecular weight excluding hydrogens is 502 g/mol. The minimum absolute atomic E-state index is 0.0861. The fraction of sp³-hybridized carbons (Fsp3) is 0.212. The summed E-state index contributed by atoms with van der Waals surface area (Å²) in [6.45, 7) is 2.04. The molecule has 204 valence electrons. The normalized spacial score (nSPS) is 11.4. The first-order chi connectivity index (χ1) is 19.4. The molecule has 0 saturated carbocycles. The first kappa shape index (κ1) is 28.2. The second-order valence-corrected chi connectivity index (χ2v) is 9.68. The van der Waals surface area contributed by atoms with E-state index in [2.05, 4.69) is 4.98 Å². The number of hydrogen-bond acceptors (Lipinski definition) is 4. The Hall–Kier alpha value is -4.78. The number of amides is 2. The van der Waals surface area contributed by atoms with E-state index in [1.54, 1.807) is 54.7 Å². The molecule has 4 aromatic rings. The number of aromatic nitrogens is 1. The molecule has 0 spiro atoms. The van der Waals surface area contributed by atoms with Crippen LogP contribution in [-0.4, -0.2) is 52.4 Å². The minimum Gasteiger partial charge on any atom is -0.481 e.